The number of carbonyl (C=O) groups is 2. The molecule has 1 aliphatic rings. The van der Waals surface area contributed by atoms with E-state index in [1.807, 2.05) is 0 Å². The first-order valence-corrected chi connectivity index (χ1v) is 6.37. The van der Waals surface area contributed by atoms with Gasteiger partial charge in [-0.15, -0.1) is 0 Å². The maximum absolute atomic E-state index is 12.1. The van der Waals surface area contributed by atoms with Gasteiger partial charge in [0.25, 0.3) is 5.91 Å². The van der Waals surface area contributed by atoms with Crippen LogP contribution < -0.4 is 10.2 Å². The lowest BCUT2D eigenvalue weighted by atomic mass is 9.81. The molecule has 0 saturated heterocycles. The summed E-state index contributed by atoms with van der Waals surface area (Å²) in [5, 5.41) is 3.90. The molecule has 8 heteroatoms. The number of alkyl halides is 2. The molecular weight excluding hydrogens is 298 g/mol. The van der Waals surface area contributed by atoms with E-state index in [1.54, 1.807) is 0 Å². The van der Waals surface area contributed by atoms with Crippen LogP contribution in [0.5, 0.6) is 5.75 Å². The van der Waals surface area contributed by atoms with Gasteiger partial charge in [0.05, 0.1) is 12.8 Å². The largest absolute Gasteiger partial charge is 0.468 e. The van der Waals surface area contributed by atoms with Crippen LogP contribution in [0.4, 0.5) is 8.78 Å². The Balaban J connectivity index is 2.22. The van der Waals surface area contributed by atoms with Crippen molar-refractivity contribution in [2.24, 2.45) is 10.5 Å². The van der Waals surface area contributed by atoms with Crippen molar-refractivity contribution in [1.82, 2.24) is 5.43 Å². The highest BCUT2D eigenvalue weighted by Gasteiger charge is 2.45. The number of benzene rings is 1. The fraction of sp³-hybridized carbons (Fsp3) is 0.357. The van der Waals surface area contributed by atoms with Gasteiger partial charge in [-0.2, -0.15) is 13.9 Å². The second-order valence-corrected chi connectivity index (χ2v) is 4.90. The highest BCUT2D eigenvalue weighted by molar-refractivity contribution is 6.13. The average Bonchev–Trinajstić information content (AvgIpc) is 2.49. The zero-order valence-corrected chi connectivity index (χ0v) is 11.9. The van der Waals surface area contributed by atoms with Crippen molar-refractivity contribution in [3.05, 3.63) is 29.8 Å². The maximum atomic E-state index is 12.1. The summed E-state index contributed by atoms with van der Waals surface area (Å²) >= 11 is 0. The van der Waals surface area contributed by atoms with Crippen LogP contribution in [0.3, 0.4) is 0 Å². The summed E-state index contributed by atoms with van der Waals surface area (Å²) in [5.74, 6) is -1.22. The van der Waals surface area contributed by atoms with Gasteiger partial charge < -0.3 is 9.47 Å². The van der Waals surface area contributed by atoms with E-state index < -0.39 is 23.9 Å². The number of hydrogen-bond acceptors (Lipinski definition) is 5. The van der Waals surface area contributed by atoms with Gasteiger partial charge in [-0.25, -0.2) is 5.43 Å². The Kier molecular flexibility index (Phi) is 4.39. The maximum Gasteiger partial charge on any atom is 0.387 e. The van der Waals surface area contributed by atoms with E-state index in [2.05, 4.69) is 20.0 Å². The highest BCUT2D eigenvalue weighted by atomic mass is 19.3. The molecular formula is C14H14F2N2O4. The van der Waals surface area contributed by atoms with Gasteiger partial charge in [0.1, 0.15) is 5.75 Å². The number of hydrazone groups is 1. The molecule has 1 aliphatic heterocycles. The van der Waals surface area contributed by atoms with Crippen LogP contribution in [0.25, 0.3) is 0 Å². The Morgan fingerprint density at radius 3 is 2.55 bits per heavy atom. The molecule has 1 aromatic carbocycles. The SMILES string of the molecule is COC(=O)C1(C)CC(c2ccc(OC(F)F)cc2)=NNC1=O. The van der Waals surface area contributed by atoms with Crippen LogP contribution in [0.1, 0.15) is 18.9 Å². The fourth-order valence-corrected chi connectivity index (χ4v) is 2.08. The van der Waals surface area contributed by atoms with E-state index in [0.717, 1.165) is 0 Å². The number of nitrogens with one attached hydrogen (secondary N) is 1. The lowest BCUT2D eigenvalue weighted by Crippen LogP contribution is -2.48. The second-order valence-electron chi connectivity index (χ2n) is 4.90. The normalized spacial score (nSPS) is 21.1. The van der Waals surface area contributed by atoms with Crippen LogP contribution >= 0.6 is 0 Å². The monoisotopic (exact) mass is 312 g/mol. The molecule has 1 aromatic rings. The van der Waals surface area contributed by atoms with Gasteiger partial charge in [0.2, 0.25) is 0 Å². The molecule has 1 heterocycles. The van der Waals surface area contributed by atoms with Crippen LogP contribution in [0, 0.1) is 5.41 Å². The Labute approximate surface area is 125 Å². The third-order valence-corrected chi connectivity index (χ3v) is 3.36. The molecule has 0 bridgehead atoms. The van der Waals surface area contributed by atoms with Crippen molar-refractivity contribution >= 4 is 17.6 Å². The second kappa shape index (κ2) is 6.08. The summed E-state index contributed by atoms with van der Waals surface area (Å²) in [7, 11) is 1.20. The van der Waals surface area contributed by atoms with Gasteiger partial charge in [0.15, 0.2) is 5.41 Å². The topological polar surface area (TPSA) is 77.0 Å². The number of halogens is 2. The molecule has 1 atom stereocenters. The van der Waals surface area contributed by atoms with Gasteiger partial charge in [0, 0.05) is 6.42 Å². The van der Waals surface area contributed by atoms with Gasteiger partial charge in [-0.05, 0) is 36.8 Å². The molecule has 22 heavy (non-hydrogen) atoms. The zero-order chi connectivity index (χ0) is 16.3. The van der Waals surface area contributed by atoms with E-state index in [9.17, 15) is 18.4 Å². The van der Waals surface area contributed by atoms with E-state index in [0.29, 0.717) is 11.3 Å². The average molecular weight is 312 g/mol. The Bertz CT molecular complexity index is 616. The number of ether oxygens (including phenoxy) is 2. The molecule has 1 amide bonds. The summed E-state index contributed by atoms with van der Waals surface area (Å²) in [6.07, 6.45) is 0.0422. The summed E-state index contributed by atoms with van der Waals surface area (Å²) in [4.78, 5) is 23.7. The molecule has 0 fully saturated rings. The number of rotatable bonds is 4. The molecule has 118 valence electrons. The zero-order valence-electron chi connectivity index (χ0n) is 11.9. The van der Waals surface area contributed by atoms with Crippen LogP contribution in [-0.2, 0) is 14.3 Å². The highest BCUT2D eigenvalue weighted by Crippen LogP contribution is 2.29. The molecule has 0 saturated carbocycles. The first-order valence-electron chi connectivity index (χ1n) is 6.37. The minimum Gasteiger partial charge on any atom is -0.468 e. The fourth-order valence-electron chi connectivity index (χ4n) is 2.08. The number of amides is 1. The first-order chi connectivity index (χ1) is 10.4. The molecule has 0 aliphatic carbocycles. The van der Waals surface area contributed by atoms with Crippen molar-refractivity contribution in [2.75, 3.05) is 7.11 Å². The van der Waals surface area contributed by atoms with Crippen molar-refractivity contribution in [3.63, 3.8) is 0 Å². The molecule has 2 rings (SSSR count). The number of nitrogens with zero attached hydrogens (tertiary/aromatic N) is 1. The smallest absolute Gasteiger partial charge is 0.387 e. The van der Waals surface area contributed by atoms with Crippen molar-refractivity contribution in [3.8, 4) is 5.75 Å². The van der Waals surface area contributed by atoms with Crippen LogP contribution in [0.15, 0.2) is 29.4 Å². The quantitative estimate of drug-likeness (QED) is 0.678. The molecule has 0 radical (unpaired) electrons. The standard InChI is InChI=1S/C14H14F2N2O4/c1-14(12(20)21-2)7-10(17-18-11(14)19)8-3-5-9(6-4-8)22-13(15)16/h3-6,13H,7H2,1-2H3,(H,18,19). The van der Waals surface area contributed by atoms with E-state index in [-0.39, 0.29) is 12.2 Å². The summed E-state index contributed by atoms with van der Waals surface area (Å²) in [6, 6.07) is 5.75. The van der Waals surface area contributed by atoms with E-state index in [1.165, 1.54) is 38.3 Å². The lowest BCUT2D eigenvalue weighted by Gasteiger charge is -2.28. The van der Waals surface area contributed by atoms with Gasteiger partial charge in [-0.3, -0.25) is 9.59 Å². The minimum absolute atomic E-state index is 0.00919. The van der Waals surface area contributed by atoms with E-state index in [4.69, 9.17) is 0 Å². The predicted octanol–water partition coefficient (Wildman–Crippen LogP) is 1.69. The Morgan fingerprint density at radius 1 is 1.36 bits per heavy atom. The van der Waals surface area contributed by atoms with Crippen molar-refractivity contribution < 1.29 is 27.8 Å². The third-order valence-electron chi connectivity index (χ3n) is 3.36. The van der Waals surface area contributed by atoms with Crippen molar-refractivity contribution in [1.29, 1.82) is 0 Å². The molecule has 1 unspecified atom stereocenters. The minimum atomic E-state index is -2.90. The predicted molar refractivity (Wildman–Crippen MR) is 72.5 cm³/mol. The first kappa shape index (κ1) is 15.9. The van der Waals surface area contributed by atoms with Crippen LogP contribution in [0.2, 0.25) is 0 Å². The van der Waals surface area contributed by atoms with Crippen molar-refractivity contribution in [2.45, 2.75) is 20.0 Å². The summed E-state index contributed by atoms with van der Waals surface area (Å²) in [6.45, 7) is -1.45. The number of hydrogen-bond donors (Lipinski definition) is 1. The third kappa shape index (κ3) is 3.05. The van der Waals surface area contributed by atoms with E-state index >= 15 is 0 Å². The Hall–Kier alpha value is -2.51. The molecule has 0 spiro atoms. The number of carbonyl (C=O) groups excluding carboxylic acids is 2. The number of esters is 1. The molecule has 1 N–H and O–H groups in total. The summed E-state index contributed by atoms with van der Waals surface area (Å²) < 4.78 is 33.1. The molecule has 0 aromatic heterocycles. The molecule has 6 nitrogen and oxygen atoms in total. The summed E-state index contributed by atoms with van der Waals surface area (Å²) in [5.41, 5.74) is 1.92. The van der Waals surface area contributed by atoms with Gasteiger partial charge in [-0.1, -0.05) is 0 Å². The van der Waals surface area contributed by atoms with Crippen LogP contribution in [-0.4, -0.2) is 31.3 Å². The van der Waals surface area contributed by atoms with Gasteiger partial charge >= 0.3 is 12.6 Å². The number of methoxy groups -OCH3 is 1. The lowest BCUT2D eigenvalue weighted by molar-refractivity contribution is -0.157. The Morgan fingerprint density at radius 2 is 2.00 bits per heavy atom.